The molecule has 96 valence electrons. The van der Waals surface area contributed by atoms with Crippen LogP contribution in [0.3, 0.4) is 0 Å². The van der Waals surface area contributed by atoms with Crippen molar-refractivity contribution < 1.29 is 21.0 Å². The number of benzene rings is 1. The third kappa shape index (κ3) is 4.84. The highest BCUT2D eigenvalue weighted by Crippen LogP contribution is 2.22. The van der Waals surface area contributed by atoms with Crippen molar-refractivity contribution in [1.82, 2.24) is 0 Å². The minimum absolute atomic E-state index is 0.401. The van der Waals surface area contributed by atoms with Gasteiger partial charge in [-0.1, -0.05) is 30.3 Å². The van der Waals surface area contributed by atoms with Crippen LogP contribution >= 0.6 is 0 Å². The highest BCUT2D eigenvalue weighted by Gasteiger charge is 2.24. The molecule has 0 saturated carbocycles. The first-order valence-electron chi connectivity index (χ1n) is 4.78. The van der Waals surface area contributed by atoms with Gasteiger partial charge in [0.2, 0.25) is 0 Å². The standard InChI is InChI=1S/C10H14O5S2/c1-16(11,12)10(8-15-17(2,13)14)9-6-4-3-5-7-9/h3-7,10H,8H2,1-2H3. The molecule has 1 rings (SSSR count). The van der Waals surface area contributed by atoms with Gasteiger partial charge >= 0.3 is 0 Å². The molecule has 0 aliphatic carbocycles. The highest BCUT2D eigenvalue weighted by molar-refractivity contribution is 7.91. The topological polar surface area (TPSA) is 77.5 Å². The Bertz CT molecular complexity index is 560. The zero-order valence-corrected chi connectivity index (χ0v) is 11.2. The van der Waals surface area contributed by atoms with Crippen molar-refractivity contribution in [2.24, 2.45) is 0 Å². The summed E-state index contributed by atoms with van der Waals surface area (Å²) in [7, 11) is -7.08. The summed E-state index contributed by atoms with van der Waals surface area (Å²) in [5.74, 6) is 0. The fraction of sp³-hybridized carbons (Fsp3) is 0.400. The third-order valence-corrected chi connectivity index (χ3v) is 4.13. The van der Waals surface area contributed by atoms with Crippen LogP contribution in [0.15, 0.2) is 30.3 Å². The maximum Gasteiger partial charge on any atom is 0.264 e. The molecule has 1 aromatic carbocycles. The van der Waals surface area contributed by atoms with E-state index in [0.717, 1.165) is 12.5 Å². The molecule has 0 aliphatic rings. The van der Waals surface area contributed by atoms with Gasteiger partial charge in [0.05, 0.1) is 12.9 Å². The van der Waals surface area contributed by atoms with Gasteiger partial charge in [-0.25, -0.2) is 8.42 Å². The predicted octanol–water partition coefficient (Wildman–Crippen LogP) is 0.749. The summed E-state index contributed by atoms with van der Waals surface area (Å²) in [6, 6.07) is 8.37. The van der Waals surface area contributed by atoms with Crippen molar-refractivity contribution in [2.45, 2.75) is 5.25 Å². The summed E-state index contributed by atoms with van der Waals surface area (Å²) in [4.78, 5) is 0. The van der Waals surface area contributed by atoms with E-state index in [2.05, 4.69) is 4.18 Å². The van der Waals surface area contributed by atoms with E-state index in [1.807, 2.05) is 0 Å². The Balaban J connectivity index is 2.99. The first kappa shape index (κ1) is 14.1. The lowest BCUT2D eigenvalue weighted by molar-refractivity contribution is 0.319. The molecule has 0 spiro atoms. The molecule has 1 aromatic rings. The molecule has 0 radical (unpaired) electrons. The predicted molar refractivity (Wildman–Crippen MR) is 64.8 cm³/mol. The van der Waals surface area contributed by atoms with Gasteiger partial charge in [-0.3, -0.25) is 4.18 Å². The number of hydrogen-bond acceptors (Lipinski definition) is 5. The van der Waals surface area contributed by atoms with Gasteiger partial charge in [0.25, 0.3) is 10.1 Å². The van der Waals surface area contributed by atoms with Crippen LogP contribution in [-0.2, 0) is 24.1 Å². The summed E-state index contributed by atoms with van der Waals surface area (Å²) in [5.41, 5.74) is 0.513. The van der Waals surface area contributed by atoms with E-state index in [1.54, 1.807) is 30.3 Å². The molecule has 1 atom stereocenters. The molecule has 5 nitrogen and oxygen atoms in total. The van der Waals surface area contributed by atoms with E-state index >= 15 is 0 Å². The van der Waals surface area contributed by atoms with E-state index < -0.39 is 31.8 Å². The summed E-state index contributed by atoms with van der Waals surface area (Å²) in [6.45, 7) is -0.401. The number of sulfone groups is 1. The van der Waals surface area contributed by atoms with Crippen LogP contribution in [0.4, 0.5) is 0 Å². The Morgan fingerprint density at radius 2 is 1.59 bits per heavy atom. The van der Waals surface area contributed by atoms with Crippen LogP contribution in [0.1, 0.15) is 10.8 Å². The SMILES string of the molecule is CS(=O)(=O)OCC(c1ccccc1)S(C)(=O)=O. The fourth-order valence-electron chi connectivity index (χ4n) is 1.32. The lowest BCUT2D eigenvalue weighted by Crippen LogP contribution is -2.19. The number of rotatable bonds is 5. The molecule has 0 amide bonds. The first-order valence-corrected chi connectivity index (χ1v) is 8.55. The minimum Gasteiger partial charge on any atom is -0.269 e. The highest BCUT2D eigenvalue weighted by atomic mass is 32.2. The van der Waals surface area contributed by atoms with Crippen molar-refractivity contribution in [3.05, 3.63) is 35.9 Å². The van der Waals surface area contributed by atoms with E-state index in [-0.39, 0.29) is 0 Å². The Hall–Kier alpha value is -0.920. The Labute approximate surface area is 101 Å². The average Bonchev–Trinajstić information content (AvgIpc) is 2.15. The molecule has 0 N–H and O–H groups in total. The zero-order valence-electron chi connectivity index (χ0n) is 9.53. The van der Waals surface area contributed by atoms with Crippen molar-refractivity contribution in [3.63, 3.8) is 0 Å². The van der Waals surface area contributed by atoms with Crippen LogP contribution in [0.5, 0.6) is 0 Å². The van der Waals surface area contributed by atoms with Crippen molar-refractivity contribution >= 4 is 20.0 Å². The number of hydrogen-bond donors (Lipinski definition) is 0. The lowest BCUT2D eigenvalue weighted by atomic mass is 10.2. The monoisotopic (exact) mass is 278 g/mol. The van der Waals surface area contributed by atoms with E-state index in [9.17, 15) is 16.8 Å². The van der Waals surface area contributed by atoms with Gasteiger partial charge in [0.15, 0.2) is 9.84 Å². The molecule has 17 heavy (non-hydrogen) atoms. The zero-order chi connectivity index (χ0) is 13.1. The minimum atomic E-state index is -3.65. The molecule has 1 unspecified atom stereocenters. The Morgan fingerprint density at radius 1 is 1.06 bits per heavy atom. The second-order valence-corrected chi connectivity index (χ2v) is 7.59. The van der Waals surface area contributed by atoms with Crippen LogP contribution in [0.2, 0.25) is 0 Å². The van der Waals surface area contributed by atoms with E-state index in [4.69, 9.17) is 0 Å². The van der Waals surface area contributed by atoms with Crippen molar-refractivity contribution in [3.8, 4) is 0 Å². The van der Waals surface area contributed by atoms with Crippen molar-refractivity contribution in [1.29, 1.82) is 0 Å². The maximum absolute atomic E-state index is 11.6. The molecular weight excluding hydrogens is 264 g/mol. The summed E-state index contributed by atoms with van der Waals surface area (Å²) >= 11 is 0. The summed E-state index contributed by atoms with van der Waals surface area (Å²) in [5, 5.41) is -0.974. The molecular formula is C10H14O5S2. The van der Waals surface area contributed by atoms with E-state index in [0.29, 0.717) is 5.56 Å². The van der Waals surface area contributed by atoms with Gasteiger partial charge in [0, 0.05) is 6.26 Å². The first-order chi connectivity index (χ1) is 7.70. The van der Waals surface area contributed by atoms with E-state index in [1.165, 1.54) is 0 Å². The summed E-state index contributed by atoms with van der Waals surface area (Å²) in [6.07, 6.45) is 1.94. The molecule has 7 heteroatoms. The second kappa shape index (κ2) is 5.16. The van der Waals surface area contributed by atoms with Crippen molar-refractivity contribution in [2.75, 3.05) is 19.1 Å². The molecule has 0 heterocycles. The average molecular weight is 278 g/mol. The fourth-order valence-corrected chi connectivity index (χ4v) is 2.76. The molecule has 0 aromatic heterocycles. The molecule has 0 aliphatic heterocycles. The smallest absolute Gasteiger partial charge is 0.264 e. The van der Waals surface area contributed by atoms with Crippen LogP contribution in [0, 0.1) is 0 Å². The Kier molecular flexibility index (Phi) is 4.29. The summed E-state index contributed by atoms with van der Waals surface area (Å²) < 4.78 is 49.5. The van der Waals surface area contributed by atoms with Crippen LogP contribution in [-0.4, -0.2) is 36.0 Å². The maximum atomic E-state index is 11.6. The van der Waals surface area contributed by atoms with Gasteiger partial charge in [-0.05, 0) is 5.56 Å². The Morgan fingerprint density at radius 3 is 2.00 bits per heavy atom. The van der Waals surface area contributed by atoms with Gasteiger partial charge < -0.3 is 0 Å². The van der Waals surface area contributed by atoms with Crippen LogP contribution < -0.4 is 0 Å². The normalized spacial score (nSPS) is 14.5. The largest absolute Gasteiger partial charge is 0.269 e. The van der Waals surface area contributed by atoms with Gasteiger partial charge in [-0.15, -0.1) is 0 Å². The van der Waals surface area contributed by atoms with Crippen LogP contribution in [0.25, 0.3) is 0 Å². The lowest BCUT2D eigenvalue weighted by Gasteiger charge is -2.14. The van der Waals surface area contributed by atoms with Gasteiger partial charge in [-0.2, -0.15) is 8.42 Å². The molecule has 0 saturated heterocycles. The van der Waals surface area contributed by atoms with Gasteiger partial charge in [0.1, 0.15) is 5.25 Å². The quantitative estimate of drug-likeness (QED) is 0.743. The second-order valence-electron chi connectivity index (χ2n) is 3.72. The molecule has 0 bridgehead atoms. The molecule has 0 fully saturated rings. The third-order valence-electron chi connectivity index (χ3n) is 2.12.